The quantitative estimate of drug-likeness (QED) is 0.828. The van der Waals surface area contributed by atoms with E-state index in [1.165, 1.54) is 21.3 Å². The van der Waals surface area contributed by atoms with Crippen LogP contribution in [-0.2, 0) is 9.59 Å². The van der Waals surface area contributed by atoms with Gasteiger partial charge in [-0.25, -0.2) is 0 Å². The highest BCUT2D eigenvalue weighted by Gasteiger charge is 2.36. The molecule has 2 aromatic carbocycles. The standard InChI is InChI=1S/C21H24N2O5/c1-13-7-5-6-8-16(13)22-21(25)14-9-19(24)23(12-14)15-10-17(26-2)20(28-4)18(11-15)27-3/h5-8,10-11,14H,9,12H2,1-4H3,(H,22,25). The molecule has 1 heterocycles. The predicted molar refractivity (Wildman–Crippen MR) is 106 cm³/mol. The number of amides is 2. The number of carbonyl (C=O) groups is 2. The smallest absolute Gasteiger partial charge is 0.229 e. The van der Waals surface area contributed by atoms with Gasteiger partial charge in [0.2, 0.25) is 17.6 Å². The average molecular weight is 384 g/mol. The molecule has 1 atom stereocenters. The van der Waals surface area contributed by atoms with Crippen LogP contribution in [0.5, 0.6) is 17.2 Å². The van der Waals surface area contributed by atoms with E-state index in [0.29, 0.717) is 22.9 Å². The predicted octanol–water partition coefficient (Wildman–Crippen LogP) is 3.01. The van der Waals surface area contributed by atoms with E-state index < -0.39 is 5.92 Å². The van der Waals surface area contributed by atoms with Gasteiger partial charge >= 0.3 is 0 Å². The summed E-state index contributed by atoms with van der Waals surface area (Å²) < 4.78 is 16.0. The van der Waals surface area contributed by atoms with Crippen LogP contribution in [0.3, 0.4) is 0 Å². The molecule has 3 rings (SSSR count). The zero-order chi connectivity index (χ0) is 20.3. The Balaban J connectivity index is 1.81. The molecule has 1 fully saturated rings. The molecule has 1 saturated heterocycles. The van der Waals surface area contributed by atoms with Crippen molar-refractivity contribution in [3.63, 3.8) is 0 Å². The third kappa shape index (κ3) is 3.74. The number of nitrogens with one attached hydrogen (secondary N) is 1. The lowest BCUT2D eigenvalue weighted by atomic mass is 10.1. The lowest BCUT2D eigenvalue weighted by molar-refractivity contribution is -0.122. The summed E-state index contributed by atoms with van der Waals surface area (Å²) in [6, 6.07) is 11.0. The minimum Gasteiger partial charge on any atom is -0.493 e. The fourth-order valence-corrected chi connectivity index (χ4v) is 3.30. The normalized spacial score (nSPS) is 16.1. The van der Waals surface area contributed by atoms with Crippen molar-refractivity contribution < 1.29 is 23.8 Å². The molecule has 0 saturated carbocycles. The Labute approximate surface area is 164 Å². The summed E-state index contributed by atoms with van der Waals surface area (Å²) in [5.41, 5.74) is 2.33. The highest BCUT2D eigenvalue weighted by atomic mass is 16.5. The Morgan fingerprint density at radius 3 is 2.29 bits per heavy atom. The maximum Gasteiger partial charge on any atom is 0.229 e. The highest BCUT2D eigenvalue weighted by Crippen LogP contribution is 2.42. The molecule has 1 N–H and O–H groups in total. The van der Waals surface area contributed by atoms with Gasteiger partial charge in [-0.15, -0.1) is 0 Å². The largest absolute Gasteiger partial charge is 0.493 e. The molecule has 0 radical (unpaired) electrons. The third-order valence-corrected chi connectivity index (χ3v) is 4.86. The van der Waals surface area contributed by atoms with E-state index in [4.69, 9.17) is 14.2 Å². The number of hydrogen-bond donors (Lipinski definition) is 1. The summed E-state index contributed by atoms with van der Waals surface area (Å²) in [4.78, 5) is 26.8. The Hall–Kier alpha value is -3.22. The number of nitrogens with zero attached hydrogens (tertiary/aromatic N) is 1. The van der Waals surface area contributed by atoms with Crippen molar-refractivity contribution in [3.05, 3.63) is 42.0 Å². The summed E-state index contributed by atoms with van der Waals surface area (Å²) in [5, 5.41) is 2.92. The Morgan fingerprint density at radius 1 is 1.07 bits per heavy atom. The summed E-state index contributed by atoms with van der Waals surface area (Å²) in [6.07, 6.45) is 0.147. The zero-order valence-electron chi connectivity index (χ0n) is 16.4. The van der Waals surface area contributed by atoms with Gasteiger partial charge in [0, 0.05) is 30.8 Å². The number of ether oxygens (including phenoxy) is 3. The maximum atomic E-state index is 12.7. The Bertz CT molecular complexity index is 871. The van der Waals surface area contributed by atoms with Gasteiger partial charge in [-0.1, -0.05) is 18.2 Å². The maximum absolute atomic E-state index is 12.7. The fourth-order valence-electron chi connectivity index (χ4n) is 3.30. The molecule has 0 bridgehead atoms. The lowest BCUT2D eigenvalue weighted by Gasteiger charge is -2.20. The number of methoxy groups -OCH3 is 3. The van der Waals surface area contributed by atoms with Crippen LogP contribution < -0.4 is 24.4 Å². The van der Waals surface area contributed by atoms with Crippen molar-refractivity contribution in [3.8, 4) is 17.2 Å². The summed E-state index contributed by atoms with van der Waals surface area (Å²) >= 11 is 0. The first-order valence-electron chi connectivity index (χ1n) is 8.95. The summed E-state index contributed by atoms with van der Waals surface area (Å²) in [7, 11) is 4.56. The van der Waals surface area contributed by atoms with E-state index in [0.717, 1.165) is 11.3 Å². The van der Waals surface area contributed by atoms with E-state index in [2.05, 4.69) is 5.32 Å². The van der Waals surface area contributed by atoms with Crippen molar-refractivity contribution in [2.24, 2.45) is 5.92 Å². The van der Waals surface area contributed by atoms with Gasteiger partial charge in [-0.2, -0.15) is 0 Å². The van der Waals surface area contributed by atoms with Crippen LogP contribution in [-0.4, -0.2) is 39.7 Å². The molecule has 7 heteroatoms. The number of anilines is 2. The summed E-state index contributed by atoms with van der Waals surface area (Å²) in [6.45, 7) is 2.22. The lowest BCUT2D eigenvalue weighted by Crippen LogP contribution is -2.28. The minimum atomic E-state index is -0.439. The first-order valence-corrected chi connectivity index (χ1v) is 8.95. The van der Waals surface area contributed by atoms with Crippen molar-refractivity contribution >= 4 is 23.2 Å². The van der Waals surface area contributed by atoms with Crippen LogP contribution >= 0.6 is 0 Å². The number of carbonyl (C=O) groups excluding carboxylic acids is 2. The van der Waals surface area contributed by atoms with Crippen LogP contribution in [0, 0.1) is 12.8 Å². The van der Waals surface area contributed by atoms with Crippen LogP contribution in [0.4, 0.5) is 11.4 Å². The average Bonchev–Trinajstić information content (AvgIpc) is 3.10. The number of rotatable bonds is 6. The minimum absolute atomic E-state index is 0.126. The highest BCUT2D eigenvalue weighted by molar-refractivity contribution is 6.04. The van der Waals surface area contributed by atoms with Crippen molar-refractivity contribution in [1.29, 1.82) is 0 Å². The van der Waals surface area contributed by atoms with E-state index in [9.17, 15) is 9.59 Å². The number of para-hydroxylation sites is 1. The topological polar surface area (TPSA) is 77.1 Å². The van der Waals surface area contributed by atoms with Crippen LogP contribution in [0.1, 0.15) is 12.0 Å². The van der Waals surface area contributed by atoms with Gasteiger partial charge in [0.15, 0.2) is 11.5 Å². The van der Waals surface area contributed by atoms with Crippen LogP contribution in [0.2, 0.25) is 0 Å². The van der Waals surface area contributed by atoms with E-state index >= 15 is 0 Å². The molecule has 7 nitrogen and oxygen atoms in total. The SMILES string of the molecule is COc1cc(N2CC(C(=O)Nc3ccccc3C)CC2=O)cc(OC)c1OC. The monoisotopic (exact) mass is 384 g/mol. The molecule has 2 aromatic rings. The third-order valence-electron chi connectivity index (χ3n) is 4.86. The molecular weight excluding hydrogens is 360 g/mol. The number of aryl methyl sites for hydroxylation is 1. The molecular formula is C21H24N2O5. The second kappa shape index (κ2) is 8.21. The van der Waals surface area contributed by atoms with Crippen molar-refractivity contribution in [1.82, 2.24) is 0 Å². The van der Waals surface area contributed by atoms with Gasteiger partial charge in [0.25, 0.3) is 0 Å². The molecule has 0 aromatic heterocycles. The Kier molecular flexibility index (Phi) is 5.73. The van der Waals surface area contributed by atoms with Crippen LogP contribution in [0.15, 0.2) is 36.4 Å². The summed E-state index contributed by atoms with van der Waals surface area (Å²) in [5.74, 6) is 0.632. The van der Waals surface area contributed by atoms with Gasteiger partial charge in [0.05, 0.1) is 32.9 Å². The van der Waals surface area contributed by atoms with Crippen molar-refractivity contribution in [2.75, 3.05) is 38.1 Å². The molecule has 1 aliphatic heterocycles. The second-order valence-electron chi connectivity index (χ2n) is 6.59. The number of hydrogen-bond acceptors (Lipinski definition) is 5. The van der Waals surface area contributed by atoms with Crippen molar-refractivity contribution in [2.45, 2.75) is 13.3 Å². The number of benzene rings is 2. The van der Waals surface area contributed by atoms with E-state index in [1.807, 2.05) is 31.2 Å². The molecule has 1 aliphatic rings. The molecule has 0 spiro atoms. The first kappa shape index (κ1) is 19.5. The van der Waals surface area contributed by atoms with Crippen LogP contribution in [0.25, 0.3) is 0 Å². The fraction of sp³-hybridized carbons (Fsp3) is 0.333. The first-order chi connectivity index (χ1) is 13.5. The molecule has 2 amide bonds. The zero-order valence-corrected chi connectivity index (χ0v) is 16.4. The van der Waals surface area contributed by atoms with E-state index in [-0.39, 0.29) is 24.8 Å². The Morgan fingerprint density at radius 2 is 1.71 bits per heavy atom. The van der Waals surface area contributed by atoms with Gasteiger partial charge in [-0.3, -0.25) is 9.59 Å². The van der Waals surface area contributed by atoms with E-state index in [1.54, 1.807) is 17.0 Å². The molecule has 28 heavy (non-hydrogen) atoms. The second-order valence-corrected chi connectivity index (χ2v) is 6.59. The molecule has 148 valence electrons. The molecule has 1 unspecified atom stereocenters. The van der Waals surface area contributed by atoms with Gasteiger partial charge in [-0.05, 0) is 18.6 Å². The molecule has 0 aliphatic carbocycles. The van der Waals surface area contributed by atoms with Gasteiger partial charge in [0.1, 0.15) is 0 Å². The van der Waals surface area contributed by atoms with Gasteiger partial charge < -0.3 is 24.4 Å².